The molecule has 0 spiro atoms. The second kappa shape index (κ2) is 8.85. The summed E-state index contributed by atoms with van der Waals surface area (Å²) >= 11 is 0. The van der Waals surface area contributed by atoms with Crippen molar-refractivity contribution in [3.63, 3.8) is 0 Å². The molecule has 0 aliphatic carbocycles. The van der Waals surface area contributed by atoms with Crippen molar-refractivity contribution in [3.05, 3.63) is 71.8 Å². The molecule has 2 aromatic rings. The molecule has 0 bridgehead atoms. The quantitative estimate of drug-likeness (QED) is 0.444. The Bertz CT molecular complexity index is 795. The first-order valence-corrected chi connectivity index (χ1v) is 8.26. The zero-order valence-corrected chi connectivity index (χ0v) is 14.9. The molecular weight excluding hydrogens is 332 g/mol. The number of phenolic OH excluding ortho intramolecular Hbond substituents is 1. The Hall–Kier alpha value is -3.08. The summed E-state index contributed by atoms with van der Waals surface area (Å²) in [6.07, 6.45) is 0. The van der Waals surface area contributed by atoms with Gasteiger partial charge in [0.25, 0.3) is 0 Å². The van der Waals surface area contributed by atoms with E-state index in [1.807, 2.05) is 13.0 Å². The number of rotatable bonds is 8. The first kappa shape index (κ1) is 19.2. The number of benzene rings is 2. The number of carbonyl (C=O) groups is 2. The van der Waals surface area contributed by atoms with Gasteiger partial charge in [0.15, 0.2) is 5.78 Å². The van der Waals surface area contributed by atoms with Crippen molar-refractivity contribution >= 4 is 11.8 Å². The lowest BCUT2D eigenvalue weighted by molar-refractivity contribution is -0.140. The summed E-state index contributed by atoms with van der Waals surface area (Å²) in [7, 11) is 0. The number of esters is 1. The van der Waals surface area contributed by atoms with Crippen molar-refractivity contribution in [1.29, 1.82) is 0 Å². The van der Waals surface area contributed by atoms with E-state index in [1.165, 1.54) is 12.1 Å². The Morgan fingerprint density at radius 2 is 1.81 bits per heavy atom. The molecule has 0 fully saturated rings. The number of hydrogen-bond donors (Lipinski definition) is 1. The van der Waals surface area contributed by atoms with Crippen LogP contribution in [0.1, 0.15) is 29.8 Å². The standard InChI is InChI=1S/C21H22O5/c1-14(2)21(24)26-13-15(3)12-25-17-9-10-18(19(22)11-17)20(23)16-7-5-4-6-8-16/h4-11,15,22H,1,12-13H2,2-3H3. The van der Waals surface area contributed by atoms with Gasteiger partial charge in [-0.15, -0.1) is 0 Å². The lowest BCUT2D eigenvalue weighted by atomic mass is 10.0. The van der Waals surface area contributed by atoms with Crippen molar-refractivity contribution in [3.8, 4) is 11.5 Å². The summed E-state index contributed by atoms with van der Waals surface area (Å²) < 4.78 is 10.7. The number of carbonyl (C=O) groups excluding carboxylic acids is 2. The number of ether oxygens (including phenoxy) is 2. The van der Waals surface area contributed by atoms with Gasteiger partial charge >= 0.3 is 5.97 Å². The maximum absolute atomic E-state index is 12.4. The molecule has 2 rings (SSSR count). The van der Waals surface area contributed by atoms with E-state index in [9.17, 15) is 14.7 Å². The fourth-order valence-corrected chi connectivity index (χ4v) is 2.17. The van der Waals surface area contributed by atoms with E-state index in [4.69, 9.17) is 9.47 Å². The molecule has 0 aliphatic rings. The van der Waals surface area contributed by atoms with Crippen LogP contribution in [0.4, 0.5) is 0 Å². The van der Waals surface area contributed by atoms with Crippen molar-refractivity contribution < 1.29 is 24.2 Å². The van der Waals surface area contributed by atoms with Gasteiger partial charge in [0.1, 0.15) is 11.5 Å². The van der Waals surface area contributed by atoms with Crippen LogP contribution in [0, 0.1) is 5.92 Å². The fourth-order valence-electron chi connectivity index (χ4n) is 2.17. The van der Waals surface area contributed by atoms with Crippen LogP contribution < -0.4 is 4.74 Å². The van der Waals surface area contributed by atoms with E-state index in [-0.39, 0.29) is 29.6 Å². The van der Waals surface area contributed by atoms with Crippen molar-refractivity contribution in [1.82, 2.24) is 0 Å². The highest BCUT2D eigenvalue weighted by atomic mass is 16.5. The average Bonchev–Trinajstić information content (AvgIpc) is 2.64. The highest BCUT2D eigenvalue weighted by molar-refractivity contribution is 6.10. The summed E-state index contributed by atoms with van der Waals surface area (Å²) in [6, 6.07) is 13.3. The van der Waals surface area contributed by atoms with Crippen molar-refractivity contribution in [2.24, 2.45) is 5.92 Å². The topological polar surface area (TPSA) is 72.8 Å². The molecule has 136 valence electrons. The van der Waals surface area contributed by atoms with E-state index in [0.29, 0.717) is 23.5 Å². The van der Waals surface area contributed by atoms with Crippen LogP contribution in [0.5, 0.6) is 11.5 Å². The largest absolute Gasteiger partial charge is 0.507 e. The highest BCUT2D eigenvalue weighted by Gasteiger charge is 2.15. The Morgan fingerprint density at radius 1 is 1.12 bits per heavy atom. The van der Waals surface area contributed by atoms with Crippen LogP contribution in [0.15, 0.2) is 60.7 Å². The van der Waals surface area contributed by atoms with Crippen LogP contribution in [0.25, 0.3) is 0 Å². The second-order valence-corrected chi connectivity index (χ2v) is 6.17. The molecule has 5 nitrogen and oxygen atoms in total. The SMILES string of the molecule is C=C(C)C(=O)OCC(C)COc1ccc(C(=O)c2ccccc2)c(O)c1. The number of phenols is 1. The normalized spacial score (nSPS) is 11.5. The third kappa shape index (κ3) is 5.21. The summed E-state index contributed by atoms with van der Waals surface area (Å²) in [5.74, 6) is -0.429. The summed E-state index contributed by atoms with van der Waals surface area (Å²) in [5.41, 5.74) is 1.07. The van der Waals surface area contributed by atoms with Gasteiger partial charge in [0.05, 0.1) is 18.8 Å². The Balaban J connectivity index is 1.94. The second-order valence-electron chi connectivity index (χ2n) is 6.17. The molecule has 1 atom stereocenters. The lowest BCUT2D eigenvalue weighted by Gasteiger charge is -2.14. The first-order chi connectivity index (χ1) is 12.4. The van der Waals surface area contributed by atoms with Gasteiger partial charge in [-0.25, -0.2) is 4.79 Å². The minimum absolute atomic E-state index is 0.0360. The molecule has 26 heavy (non-hydrogen) atoms. The molecule has 0 saturated carbocycles. The van der Waals surface area contributed by atoms with E-state index in [0.717, 1.165) is 0 Å². The van der Waals surface area contributed by atoms with Gasteiger partial charge < -0.3 is 14.6 Å². The van der Waals surface area contributed by atoms with Gasteiger partial charge in [-0.2, -0.15) is 0 Å². The van der Waals surface area contributed by atoms with E-state index in [1.54, 1.807) is 37.3 Å². The van der Waals surface area contributed by atoms with E-state index in [2.05, 4.69) is 6.58 Å². The van der Waals surface area contributed by atoms with Crippen molar-refractivity contribution in [2.45, 2.75) is 13.8 Å². The first-order valence-electron chi connectivity index (χ1n) is 8.26. The molecule has 0 aromatic heterocycles. The summed E-state index contributed by atoms with van der Waals surface area (Å²) in [5, 5.41) is 10.1. The van der Waals surface area contributed by atoms with Gasteiger partial charge in [0.2, 0.25) is 0 Å². The highest BCUT2D eigenvalue weighted by Crippen LogP contribution is 2.26. The smallest absolute Gasteiger partial charge is 0.333 e. The van der Waals surface area contributed by atoms with Crippen LogP contribution >= 0.6 is 0 Å². The monoisotopic (exact) mass is 354 g/mol. The van der Waals surface area contributed by atoms with Gasteiger partial charge in [-0.1, -0.05) is 43.8 Å². The Labute approximate surface area is 152 Å². The molecule has 1 unspecified atom stereocenters. The Kier molecular flexibility index (Phi) is 6.55. The van der Waals surface area contributed by atoms with Gasteiger partial charge in [-0.05, 0) is 19.1 Å². The van der Waals surface area contributed by atoms with Gasteiger partial charge in [-0.3, -0.25) is 4.79 Å². The predicted molar refractivity (Wildman–Crippen MR) is 98.4 cm³/mol. The average molecular weight is 354 g/mol. The third-order valence-corrected chi connectivity index (χ3v) is 3.63. The molecular formula is C21H22O5. The van der Waals surface area contributed by atoms with Crippen LogP contribution in [-0.2, 0) is 9.53 Å². The number of ketones is 1. The molecule has 1 N–H and O–H groups in total. The number of aromatic hydroxyl groups is 1. The molecule has 0 saturated heterocycles. The van der Waals surface area contributed by atoms with Gasteiger partial charge in [0, 0.05) is 23.1 Å². The van der Waals surface area contributed by atoms with Crippen LogP contribution in [0.2, 0.25) is 0 Å². The fraction of sp³-hybridized carbons (Fsp3) is 0.238. The minimum atomic E-state index is -0.432. The lowest BCUT2D eigenvalue weighted by Crippen LogP contribution is -2.18. The zero-order valence-electron chi connectivity index (χ0n) is 14.9. The molecule has 0 heterocycles. The maximum atomic E-state index is 12.4. The van der Waals surface area contributed by atoms with Crippen LogP contribution in [-0.4, -0.2) is 30.1 Å². The molecule has 0 amide bonds. The molecule has 0 radical (unpaired) electrons. The third-order valence-electron chi connectivity index (χ3n) is 3.63. The van der Waals surface area contributed by atoms with Crippen molar-refractivity contribution in [2.75, 3.05) is 13.2 Å². The van der Waals surface area contributed by atoms with E-state index >= 15 is 0 Å². The summed E-state index contributed by atoms with van der Waals surface area (Å²) in [4.78, 5) is 23.7. The zero-order chi connectivity index (χ0) is 19.1. The number of hydrogen-bond acceptors (Lipinski definition) is 5. The molecule has 2 aromatic carbocycles. The summed E-state index contributed by atoms with van der Waals surface area (Å²) in [6.45, 7) is 7.49. The maximum Gasteiger partial charge on any atom is 0.333 e. The minimum Gasteiger partial charge on any atom is -0.507 e. The Morgan fingerprint density at radius 3 is 2.42 bits per heavy atom. The van der Waals surface area contributed by atoms with Crippen LogP contribution in [0.3, 0.4) is 0 Å². The molecule has 0 aliphatic heterocycles. The van der Waals surface area contributed by atoms with E-state index < -0.39 is 5.97 Å². The predicted octanol–water partition coefficient (Wildman–Crippen LogP) is 3.76. The molecule has 5 heteroatoms.